The SMILES string of the molecule is Cc1ccc(S(=O)(=O)N2CCC(C(=O)Nc3ccccc3C(=O)N3CCCC3)CC2)cc1C. The van der Waals surface area contributed by atoms with E-state index in [1.165, 1.54) is 4.31 Å². The van der Waals surface area contributed by atoms with Crippen LogP contribution in [0.15, 0.2) is 47.4 Å². The topological polar surface area (TPSA) is 86.8 Å². The summed E-state index contributed by atoms with van der Waals surface area (Å²) in [5.41, 5.74) is 3.01. The van der Waals surface area contributed by atoms with Crippen LogP contribution >= 0.6 is 0 Å². The molecule has 33 heavy (non-hydrogen) atoms. The summed E-state index contributed by atoms with van der Waals surface area (Å²) in [4.78, 5) is 27.9. The maximum Gasteiger partial charge on any atom is 0.255 e. The smallest absolute Gasteiger partial charge is 0.255 e. The van der Waals surface area contributed by atoms with Crippen LogP contribution in [0.25, 0.3) is 0 Å². The van der Waals surface area contributed by atoms with E-state index in [1.54, 1.807) is 36.4 Å². The molecule has 2 saturated heterocycles. The normalized spacial score (nSPS) is 17.8. The van der Waals surface area contributed by atoms with Crippen molar-refractivity contribution in [3.05, 3.63) is 59.2 Å². The van der Waals surface area contributed by atoms with Crippen LogP contribution in [-0.4, -0.2) is 55.6 Å². The molecule has 2 fully saturated rings. The molecule has 0 spiro atoms. The number of nitrogens with zero attached hydrogens (tertiary/aromatic N) is 2. The number of para-hydroxylation sites is 1. The highest BCUT2D eigenvalue weighted by atomic mass is 32.2. The molecule has 0 radical (unpaired) electrons. The molecule has 0 bridgehead atoms. The number of nitrogens with one attached hydrogen (secondary N) is 1. The standard InChI is InChI=1S/C25H31N3O4S/c1-18-9-10-21(17-19(18)2)33(31,32)28-15-11-20(12-16-28)24(29)26-23-8-4-3-7-22(23)25(30)27-13-5-6-14-27/h3-4,7-10,17,20H,5-6,11-16H2,1-2H3,(H,26,29). The van der Waals surface area contributed by atoms with Crippen molar-refractivity contribution in [1.82, 2.24) is 9.21 Å². The van der Waals surface area contributed by atoms with E-state index in [2.05, 4.69) is 5.32 Å². The van der Waals surface area contributed by atoms with E-state index in [-0.39, 0.29) is 17.7 Å². The fourth-order valence-electron chi connectivity index (χ4n) is 4.49. The van der Waals surface area contributed by atoms with Crippen LogP contribution in [0.5, 0.6) is 0 Å². The fraction of sp³-hybridized carbons (Fsp3) is 0.440. The largest absolute Gasteiger partial charge is 0.339 e. The minimum atomic E-state index is -3.59. The molecule has 176 valence electrons. The van der Waals surface area contributed by atoms with Crippen molar-refractivity contribution in [3.8, 4) is 0 Å². The van der Waals surface area contributed by atoms with Gasteiger partial charge in [0.2, 0.25) is 15.9 Å². The summed E-state index contributed by atoms with van der Waals surface area (Å²) in [6.45, 7) is 5.93. The Bertz CT molecular complexity index is 1150. The Morgan fingerprint density at radius 1 is 0.909 bits per heavy atom. The van der Waals surface area contributed by atoms with Crippen molar-refractivity contribution in [2.45, 2.75) is 44.4 Å². The van der Waals surface area contributed by atoms with E-state index >= 15 is 0 Å². The lowest BCUT2D eigenvalue weighted by molar-refractivity contribution is -0.120. The Kier molecular flexibility index (Phi) is 6.86. The number of anilines is 1. The number of rotatable bonds is 5. The first-order valence-electron chi connectivity index (χ1n) is 11.5. The van der Waals surface area contributed by atoms with Crippen molar-refractivity contribution in [2.24, 2.45) is 5.92 Å². The lowest BCUT2D eigenvalue weighted by atomic mass is 9.97. The molecule has 2 heterocycles. The zero-order valence-corrected chi connectivity index (χ0v) is 20.0. The average Bonchev–Trinajstić information content (AvgIpc) is 3.36. The van der Waals surface area contributed by atoms with E-state index in [0.29, 0.717) is 42.1 Å². The van der Waals surface area contributed by atoms with Crippen LogP contribution < -0.4 is 5.32 Å². The van der Waals surface area contributed by atoms with Crippen LogP contribution in [0, 0.1) is 19.8 Å². The zero-order valence-electron chi connectivity index (χ0n) is 19.2. The van der Waals surface area contributed by atoms with Gasteiger partial charge in [-0.25, -0.2) is 8.42 Å². The Labute approximate surface area is 195 Å². The Balaban J connectivity index is 1.40. The number of likely N-dealkylation sites (tertiary alicyclic amines) is 1. The Hall–Kier alpha value is -2.71. The molecule has 2 aliphatic heterocycles. The minimum absolute atomic E-state index is 0.0577. The summed E-state index contributed by atoms with van der Waals surface area (Å²) in [5, 5.41) is 2.93. The number of benzene rings is 2. The summed E-state index contributed by atoms with van der Waals surface area (Å²) in [7, 11) is -3.59. The van der Waals surface area contributed by atoms with E-state index in [0.717, 1.165) is 37.1 Å². The number of carbonyl (C=O) groups excluding carboxylic acids is 2. The van der Waals surface area contributed by atoms with Gasteiger partial charge in [-0.3, -0.25) is 9.59 Å². The van der Waals surface area contributed by atoms with E-state index in [1.807, 2.05) is 24.8 Å². The molecule has 1 N–H and O–H groups in total. The average molecular weight is 470 g/mol. The third-order valence-electron chi connectivity index (χ3n) is 6.75. The lowest BCUT2D eigenvalue weighted by Crippen LogP contribution is -2.41. The molecule has 2 amide bonds. The number of amides is 2. The van der Waals surface area contributed by atoms with Gasteiger partial charge < -0.3 is 10.2 Å². The van der Waals surface area contributed by atoms with Gasteiger partial charge >= 0.3 is 0 Å². The molecule has 7 nitrogen and oxygen atoms in total. The van der Waals surface area contributed by atoms with Crippen molar-refractivity contribution >= 4 is 27.5 Å². The highest BCUT2D eigenvalue weighted by molar-refractivity contribution is 7.89. The quantitative estimate of drug-likeness (QED) is 0.725. The van der Waals surface area contributed by atoms with Gasteiger partial charge in [-0.15, -0.1) is 0 Å². The molecule has 2 aromatic carbocycles. The second-order valence-electron chi connectivity index (χ2n) is 8.96. The zero-order chi connectivity index (χ0) is 23.6. The monoisotopic (exact) mass is 469 g/mol. The van der Waals surface area contributed by atoms with Crippen molar-refractivity contribution in [3.63, 3.8) is 0 Å². The maximum atomic E-state index is 13.0. The third kappa shape index (κ3) is 4.96. The molecule has 0 saturated carbocycles. The summed E-state index contributed by atoms with van der Waals surface area (Å²) >= 11 is 0. The first kappa shape index (κ1) is 23.4. The highest BCUT2D eigenvalue weighted by Gasteiger charge is 2.33. The number of sulfonamides is 1. The van der Waals surface area contributed by atoms with Gasteiger partial charge in [0.25, 0.3) is 5.91 Å². The van der Waals surface area contributed by atoms with E-state index in [4.69, 9.17) is 0 Å². The Morgan fingerprint density at radius 2 is 1.58 bits per heavy atom. The number of hydrogen-bond acceptors (Lipinski definition) is 4. The number of aryl methyl sites for hydroxylation is 2. The fourth-order valence-corrected chi connectivity index (χ4v) is 6.04. The van der Waals surface area contributed by atoms with Gasteiger partial charge in [-0.05, 0) is 74.9 Å². The summed E-state index contributed by atoms with van der Waals surface area (Å²) in [6.07, 6.45) is 2.89. The van der Waals surface area contributed by atoms with Gasteiger partial charge in [-0.2, -0.15) is 4.31 Å². The van der Waals surface area contributed by atoms with Crippen LogP contribution in [-0.2, 0) is 14.8 Å². The highest BCUT2D eigenvalue weighted by Crippen LogP contribution is 2.27. The predicted octanol–water partition coefficient (Wildman–Crippen LogP) is 3.58. The van der Waals surface area contributed by atoms with Crippen LogP contribution in [0.4, 0.5) is 5.69 Å². The summed E-state index contributed by atoms with van der Waals surface area (Å²) in [5.74, 6) is -0.524. The van der Waals surface area contributed by atoms with Gasteiger partial charge in [0.05, 0.1) is 16.1 Å². The first-order chi connectivity index (χ1) is 15.8. The maximum absolute atomic E-state index is 13.0. The van der Waals surface area contributed by atoms with Gasteiger partial charge in [0.1, 0.15) is 0 Å². The van der Waals surface area contributed by atoms with Crippen molar-refractivity contribution in [2.75, 3.05) is 31.5 Å². The number of carbonyl (C=O) groups is 2. The van der Waals surface area contributed by atoms with Crippen molar-refractivity contribution < 1.29 is 18.0 Å². The Morgan fingerprint density at radius 3 is 2.24 bits per heavy atom. The van der Waals surface area contributed by atoms with Crippen molar-refractivity contribution in [1.29, 1.82) is 0 Å². The molecule has 0 aromatic heterocycles. The molecule has 0 atom stereocenters. The second-order valence-corrected chi connectivity index (χ2v) is 10.9. The molecular formula is C25H31N3O4S. The molecule has 2 aromatic rings. The second kappa shape index (κ2) is 9.65. The predicted molar refractivity (Wildman–Crippen MR) is 128 cm³/mol. The molecule has 0 aliphatic carbocycles. The van der Waals surface area contributed by atoms with Crippen LogP contribution in [0.2, 0.25) is 0 Å². The molecule has 2 aliphatic rings. The van der Waals surface area contributed by atoms with Gasteiger partial charge in [-0.1, -0.05) is 18.2 Å². The minimum Gasteiger partial charge on any atom is -0.339 e. The first-order valence-corrected chi connectivity index (χ1v) is 13.0. The number of hydrogen-bond donors (Lipinski definition) is 1. The summed E-state index contributed by atoms with van der Waals surface area (Å²) in [6, 6.07) is 12.3. The molecular weight excluding hydrogens is 438 g/mol. The van der Waals surface area contributed by atoms with Gasteiger partial charge in [0.15, 0.2) is 0 Å². The lowest BCUT2D eigenvalue weighted by Gasteiger charge is -2.31. The van der Waals surface area contributed by atoms with E-state index in [9.17, 15) is 18.0 Å². The van der Waals surface area contributed by atoms with E-state index < -0.39 is 10.0 Å². The van der Waals surface area contributed by atoms with Crippen LogP contribution in [0.1, 0.15) is 47.2 Å². The van der Waals surface area contributed by atoms with Gasteiger partial charge in [0, 0.05) is 32.1 Å². The third-order valence-corrected chi connectivity index (χ3v) is 8.64. The molecule has 4 rings (SSSR count). The molecule has 0 unspecified atom stereocenters. The number of piperidine rings is 1. The van der Waals surface area contributed by atoms with Crippen LogP contribution in [0.3, 0.4) is 0 Å². The summed E-state index contributed by atoms with van der Waals surface area (Å²) < 4.78 is 27.6. The molecule has 8 heteroatoms.